The van der Waals surface area contributed by atoms with Gasteiger partial charge < -0.3 is 5.73 Å². The zero-order valence-corrected chi connectivity index (χ0v) is 13.0. The molecular weight excluding hydrogens is 296 g/mol. The second-order valence-corrected chi connectivity index (χ2v) is 5.44. The molecule has 18 heavy (non-hydrogen) atoms. The average Bonchev–Trinajstić information content (AvgIpc) is 2.54. The number of primary amides is 1. The fourth-order valence-electron chi connectivity index (χ4n) is 1.81. The normalized spacial score (nSPS) is 11.5. The highest BCUT2D eigenvalue weighted by Crippen LogP contribution is 2.23. The standard InChI is InChI=1S/C12H21BrN4O/c1-5-9-12(13)10(16(4)15-9)6-17(8(2)3)7-11(14)18/h8H,5-7H2,1-4H3,(H2,14,18). The molecule has 0 atom stereocenters. The van der Waals surface area contributed by atoms with Gasteiger partial charge in [0, 0.05) is 19.6 Å². The van der Waals surface area contributed by atoms with E-state index in [0.717, 1.165) is 22.3 Å². The third-order valence-electron chi connectivity index (χ3n) is 2.95. The maximum Gasteiger partial charge on any atom is 0.231 e. The van der Waals surface area contributed by atoms with E-state index < -0.39 is 0 Å². The summed E-state index contributed by atoms with van der Waals surface area (Å²) < 4.78 is 2.89. The summed E-state index contributed by atoms with van der Waals surface area (Å²) in [5.74, 6) is -0.308. The molecule has 0 radical (unpaired) electrons. The van der Waals surface area contributed by atoms with Gasteiger partial charge in [0.25, 0.3) is 0 Å². The highest BCUT2D eigenvalue weighted by molar-refractivity contribution is 9.10. The van der Waals surface area contributed by atoms with E-state index in [2.05, 4.69) is 28.0 Å². The molecule has 1 amide bonds. The topological polar surface area (TPSA) is 64.2 Å². The van der Waals surface area contributed by atoms with E-state index in [1.807, 2.05) is 30.5 Å². The molecule has 0 aromatic carbocycles. The summed E-state index contributed by atoms with van der Waals surface area (Å²) in [5, 5.41) is 4.45. The van der Waals surface area contributed by atoms with E-state index in [9.17, 15) is 4.79 Å². The predicted octanol–water partition coefficient (Wildman–Crippen LogP) is 1.44. The van der Waals surface area contributed by atoms with Crippen molar-refractivity contribution in [3.63, 3.8) is 0 Å². The predicted molar refractivity (Wildman–Crippen MR) is 75.0 cm³/mol. The van der Waals surface area contributed by atoms with Gasteiger partial charge >= 0.3 is 0 Å². The van der Waals surface area contributed by atoms with Crippen LogP contribution in [-0.4, -0.2) is 33.2 Å². The van der Waals surface area contributed by atoms with Crippen molar-refractivity contribution in [2.75, 3.05) is 6.54 Å². The Morgan fingerprint density at radius 2 is 2.17 bits per heavy atom. The number of amides is 1. The van der Waals surface area contributed by atoms with E-state index in [-0.39, 0.29) is 18.5 Å². The van der Waals surface area contributed by atoms with Gasteiger partial charge in [0.1, 0.15) is 0 Å². The number of aromatic nitrogens is 2. The first-order chi connectivity index (χ1) is 8.36. The van der Waals surface area contributed by atoms with Gasteiger partial charge in [-0.2, -0.15) is 5.10 Å². The Morgan fingerprint density at radius 1 is 1.56 bits per heavy atom. The second-order valence-electron chi connectivity index (χ2n) is 4.65. The molecule has 0 saturated carbocycles. The lowest BCUT2D eigenvalue weighted by molar-refractivity contribution is -0.119. The van der Waals surface area contributed by atoms with Gasteiger partial charge in [-0.1, -0.05) is 6.92 Å². The Morgan fingerprint density at radius 3 is 2.56 bits per heavy atom. The zero-order chi connectivity index (χ0) is 13.9. The first kappa shape index (κ1) is 15.2. The van der Waals surface area contributed by atoms with E-state index in [1.54, 1.807) is 0 Å². The number of halogens is 1. The van der Waals surface area contributed by atoms with Crippen molar-refractivity contribution in [1.29, 1.82) is 0 Å². The average molecular weight is 317 g/mol. The lowest BCUT2D eigenvalue weighted by atomic mass is 10.2. The first-order valence-corrected chi connectivity index (χ1v) is 6.88. The van der Waals surface area contributed by atoms with Crippen molar-refractivity contribution in [3.8, 4) is 0 Å². The number of aryl methyl sites for hydroxylation is 2. The SMILES string of the molecule is CCc1nn(C)c(CN(CC(N)=O)C(C)C)c1Br. The van der Waals surface area contributed by atoms with E-state index >= 15 is 0 Å². The number of carbonyl (C=O) groups excluding carboxylic acids is 1. The van der Waals surface area contributed by atoms with Gasteiger partial charge in [0.2, 0.25) is 5.91 Å². The van der Waals surface area contributed by atoms with Crippen LogP contribution in [0.25, 0.3) is 0 Å². The summed E-state index contributed by atoms with van der Waals surface area (Å²) in [6, 6.07) is 0.254. The largest absolute Gasteiger partial charge is 0.369 e. The minimum absolute atomic E-state index is 0.254. The molecule has 1 aromatic rings. The van der Waals surface area contributed by atoms with Gasteiger partial charge in [-0.15, -0.1) is 0 Å². The molecule has 0 fully saturated rings. The van der Waals surface area contributed by atoms with Crippen LogP contribution in [0.2, 0.25) is 0 Å². The van der Waals surface area contributed by atoms with Gasteiger partial charge in [-0.05, 0) is 36.2 Å². The number of nitrogens with two attached hydrogens (primary N) is 1. The Labute approximate surface area is 116 Å². The van der Waals surface area contributed by atoms with Gasteiger partial charge in [0.05, 0.1) is 22.4 Å². The third kappa shape index (κ3) is 3.55. The summed E-state index contributed by atoms with van der Waals surface area (Å²) in [5.41, 5.74) is 7.39. The first-order valence-electron chi connectivity index (χ1n) is 6.09. The molecule has 0 aliphatic heterocycles. The molecule has 6 heteroatoms. The second kappa shape index (κ2) is 6.33. The van der Waals surface area contributed by atoms with Crippen molar-refractivity contribution in [2.24, 2.45) is 12.8 Å². The van der Waals surface area contributed by atoms with Crippen molar-refractivity contribution < 1.29 is 4.79 Å². The number of rotatable bonds is 6. The van der Waals surface area contributed by atoms with Crippen LogP contribution in [0.3, 0.4) is 0 Å². The van der Waals surface area contributed by atoms with Crippen LogP contribution in [0, 0.1) is 0 Å². The lowest BCUT2D eigenvalue weighted by Crippen LogP contribution is -2.38. The molecule has 0 spiro atoms. The highest BCUT2D eigenvalue weighted by atomic mass is 79.9. The fourth-order valence-corrected chi connectivity index (χ4v) is 2.55. The Balaban J connectivity index is 2.93. The Kier molecular flexibility index (Phi) is 5.34. The Bertz CT molecular complexity index is 428. The molecule has 0 aliphatic rings. The smallest absolute Gasteiger partial charge is 0.231 e. The summed E-state index contributed by atoms with van der Waals surface area (Å²) in [4.78, 5) is 13.1. The van der Waals surface area contributed by atoms with Crippen molar-refractivity contribution in [3.05, 3.63) is 15.9 Å². The lowest BCUT2D eigenvalue weighted by Gasteiger charge is -2.25. The molecule has 1 heterocycles. The van der Waals surface area contributed by atoms with Gasteiger partial charge in [-0.3, -0.25) is 14.4 Å². The minimum Gasteiger partial charge on any atom is -0.369 e. The molecule has 0 bridgehead atoms. The number of carbonyl (C=O) groups is 1. The summed E-state index contributed by atoms with van der Waals surface area (Å²) >= 11 is 3.58. The molecule has 0 aliphatic carbocycles. The summed E-state index contributed by atoms with van der Waals surface area (Å²) in [7, 11) is 1.92. The summed E-state index contributed by atoms with van der Waals surface area (Å²) in [6.07, 6.45) is 0.881. The molecule has 2 N–H and O–H groups in total. The van der Waals surface area contributed by atoms with E-state index in [0.29, 0.717) is 6.54 Å². The monoisotopic (exact) mass is 316 g/mol. The van der Waals surface area contributed by atoms with Crippen LogP contribution in [0.15, 0.2) is 4.47 Å². The van der Waals surface area contributed by atoms with Crippen molar-refractivity contribution in [2.45, 2.75) is 39.8 Å². The zero-order valence-electron chi connectivity index (χ0n) is 11.4. The maximum atomic E-state index is 11.1. The van der Waals surface area contributed by atoms with Crippen molar-refractivity contribution >= 4 is 21.8 Å². The van der Waals surface area contributed by atoms with E-state index in [1.165, 1.54) is 0 Å². The van der Waals surface area contributed by atoms with Gasteiger partial charge in [0.15, 0.2) is 0 Å². The molecule has 5 nitrogen and oxygen atoms in total. The molecular formula is C12H21BrN4O. The number of hydrogen-bond donors (Lipinski definition) is 1. The quantitative estimate of drug-likeness (QED) is 0.863. The number of hydrogen-bond acceptors (Lipinski definition) is 3. The Hall–Kier alpha value is -0.880. The molecule has 1 aromatic heterocycles. The number of nitrogens with zero attached hydrogens (tertiary/aromatic N) is 3. The highest BCUT2D eigenvalue weighted by Gasteiger charge is 2.18. The molecule has 0 unspecified atom stereocenters. The summed E-state index contributed by atoms with van der Waals surface area (Å²) in [6.45, 7) is 7.09. The molecule has 102 valence electrons. The van der Waals surface area contributed by atoms with Crippen LogP contribution in [0.5, 0.6) is 0 Å². The fraction of sp³-hybridized carbons (Fsp3) is 0.667. The minimum atomic E-state index is -0.308. The van der Waals surface area contributed by atoms with Crippen LogP contribution in [0.1, 0.15) is 32.2 Å². The van der Waals surface area contributed by atoms with Crippen LogP contribution in [-0.2, 0) is 24.8 Å². The molecule has 1 rings (SSSR count). The maximum absolute atomic E-state index is 11.1. The molecule has 0 saturated heterocycles. The van der Waals surface area contributed by atoms with E-state index in [4.69, 9.17) is 5.73 Å². The third-order valence-corrected chi connectivity index (χ3v) is 3.86. The van der Waals surface area contributed by atoms with Gasteiger partial charge in [-0.25, -0.2) is 0 Å². The van der Waals surface area contributed by atoms with Crippen LogP contribution < -0.4 is 5.73 Å². The van der Waals surface area contributed by atoms with Crippen molar-refractivity contribution in [1.82, 2.24) is 14.7 Å². The van der Waals surface area contributed by atoms with Crippen LogP contribution >= 0.6 is 15.9 Å². The van der Waals surface area contributed by atoms with Crippen LogP contribution in [0.4, 0.5) is 0 Å².